The van der Waals surface area contributed by atoms with Crippen LogP contribution in [0.1, 0.15) is 6.42 Å². The number of hydrogen-bond donors (Lipinski definition) is 1. The van der Waals surface area contributed by atoms with E-state index < -0.39 is 28.7 Å². The largest absolute Gasteiger partial charge is 0.440 e. The summed E-state index contributed by atoms with van der Waals surface area (Å²) in [6.07, 6.45) is -4.63. The number of sulfone groups is 1. The van der Waals surface area contributed by atoms with Gasteiger partial charge in [-0.1, -0.05) is 0 Å². The Balaban J connectivity index is 3.60. The summed E-state index contributed by atoms with van der Waals surface area (Å²) in [5.41, 5.74) is 0. The van der Waals surface area contributed by atoms with Crippen LogP contribution in [0.2, 0.25) is 0 Å². The number of halogens is 3. The van der Waals surface area contributed by atoms with Crippen molar-refractivity contribution < 1.29 is 31.1 Å². The predicted octanol–water partition coefficient (Wildman–Crippen LogP) is 0.710. The molecule has 0 radical (unpaired) electrons. The van der Waals surface area contributed by atoms with Crippen LogP contribution in [-0.2, 0) is 14.6 Å². The standard InChI is InChI=1S/C7H12F3NO4S/c1-16(13,14)4-2-3-11-6(12)15-5-7(8,9)10/h2-5H2,1H3,(H,11,12). The Labute approximate surface area is 90.9 Å². The minimum Gasteiger partial charge on any atom is -0.440 e. The van der Waals surface area contributed by atoms with E-state index in [1.165, 1.54) is 0 Å². The number of amides is 1. The van der Waals surface area contributed by atoms with Crippen molar-refractivity contribution in [1.29, 1.82) is 0 Å². The van der Waals surface area contributed by atoms with Crippen molar-refractivity contribution in [3.05, 3.63) is 0 Å². The first-order valence-corrected chi connectivity index (χ1v) is 6.31. The quantitative estimate of drug-likeness (QED) is 0.741. The van der Waals surface area contributed by atoms with Crippen LogP contribution in [0.3, 0.4) is 0 Å². The maximum atomic E-state index is 11.6. The number of alkyl carbamates (subject to hydrolysis) is 1. The molecule has 16 heavy (non-hydrogen) atoms. The number of hydrogen-bond acceptors (Lipinski definition) is 4. The van der Waals surface area contributed by atoms with Gasteiger partial charge in [0.25, 0.3) is 0 Å². The lowest BCUT2D eigenvalue weighted by molar-refractivity contribution is -0.160. The van der Waals surface area contributed by atoms with Crippen molar-refractivity contribution in [1.82, 2.24) is 5.32 Å². The molecule has 9 heteroatoms. The maximum absolute atomic E-state index is 11.6. The second-order valence-corrected chi connectivity index (χ2v) is 5.36. The van der Waals surface area contributed by atoms with Gasteiger partial charge in [0, 0.05) is 12.8 Å². The summed E-state index contributed by atoms with van der Waals surface area (Å²) in [5.74, 6) is -0.146. The Hall–Kier alpha value is -0.990. The highest BCUT2D eigenvalue weighted by atomic mass is 32.2. The van der Waals surface area contributed by atoms with E-state index in [1.54, 1.807) is 0 Å². The molecule has 96 valence electrons. The van der Waals surface area contributed by atoms with E-state index in [1.807, 2.05) is 5.32 Å². The summed E-state index contributed by atoms with van der Waals surface area (Å²) < 4.78 is 59.8. The Bertz CT molecular complexity index is 325. The summed E-state index contributed by atoms with van der Waals surface area (Å²) in [5, 5.41) is 2.00. The van der Waals surface area contributed by atoms with Crippen LogP contribution in [0.4, 0.5) is 18.0 Å². The van der Waals surface area contributed by atoms with Crippen LogP contribution in [-0.4, -0.2) is 45.8 Å². The lowest BCUT2D eigenvalue weighted by atomic mass is 10.5. The molecule has 0 rings (SSSR count). The molecular formula is C7H12F3NO4S. The van der Waals surface area contributed by atoms with E-state index in [0.717, 1.165) is 6.26 Å². The van der Waals surface area contributed by atoms with Crippen molar-refractivity contribution in [2.75, 3.05) is 25.2 Å². The topological polar surface area (TPSA) is 72.5 Å². The van der Waals surface area contributed by atoms with Gasteiger partial charge in [0.2, 0.25) is 0 Å². The lowest BCUT2D eigenvalue weighted by Crippen LogP contribution is -2.30. The highest BCUT2D eigenvalue weighted by molar-refractivity contribution is 7.90. The number of carbonyl (C=O) groups excluding carboxylic acids is 1. The predicted molar refractivity (Wildman–Crippen MR) is 49.7 cm³/mol. The van der Waals surface area contributed by atoms with Crippen LogP contribution in [0.5, 0.6) is 0 Å². The molecule has 0 aliphatic carbocycles. The molecule has 0 aliphatic rings. The van der Waals surface area contributed by atoms with Gasteiger partial charge in [-0.2, -0.15) is 13.2 Å². The fourth-order valence-corrected chi connectivity index (χ4v) is 1.39. The third kappa shape index (κ3) is 11.1. The van der Waals surface area contributed by atoms with E-state index in [2.05, 4.69) is 4.74 Å². The van der Waals surface area contributed by atoms with Crippen molar-refractivity contribution in [3.63, 3.8) is 0 Å². The third-order valence-electron chi connectivity index (χ3n) is 1.33. The zero-order chi connectivity index (χ0) is 12.8. The Morgan fingerprint density at radius 2 is 1.94 bits per heavy atom. The van der Waals surface area contributed by atoms with Gasteiger partial charge in [-0.15, -0.1) is 0 Å². The molecule has 0 aromatic heterocycles. The summed E-state index contributed by atoms with van der Waals surface area (Å²) in [6, 6.07) is 0. The molecule has 0 unspecified atom stereocenters. The molecule has 0 saturated heterocycles. The molecule has 1 N–H and O–H groups in total. The molecule has 0 atom stereocenters. The molecule has 0 aromatic rings. The van der Waals surface area contributed by atoms with E-state index in [4.69, 9.17) is 0 Å². The van der Waals surface area contributed by atoms with Gasteiger partial charge in [0.15, 0.2) is 6.61 Å². The van der Waals surface area contributed by atoms with Crippen LogP contribution >= 0.6 is 0 Å². The molecule has 0 heterocycles. The first-order valence-electron chi connectivity index (χ1n) is 4.25. The van der Waals surface area contributed by atoms with Crippen LogP contribution in [0.25, 0.3) is 0 Å². The van der Waals surface area contributed by atoms with Crippen molar-refractivity contribution >= 4 is 15.9 Å². The van der Waals surface area contributed by atoms with E-state index in [9.17, 15) is 26.4 Å². The van der Waals surface area contributed by atoms with Gasteiger partial charge in [-0.3, -0.25) is 0 Å². The number of ether oxygens (including phenoxy) is 1. The lowest BCUT2D eigenvalue weighted by Gasteiger charge is -2.08. The second kappa shape index (κ2) is 5.92. The first-order chi connectivity index (χ1) is 7.10. The van der Waals surface area contributed by atoms with Gasteiger partial charge in [0.05, 0.1) is 5.75 Å². The molecule has 0 fully saturated rings. The van der Waals surface area contributed by atoms with Gasteiger partial charge in [0.1, 0.15) is 9.84 Å². The number of rotatable bonds is 5. The Morgan fingerprint density at radius 1 is 1.38 bits per heavy atom. The fourth-order valence-electron chi connectivity index (χ4n) is 0.723. The van der Waals surface area contributed by atoms with E-state index in [0.29, 0.717) is 0 Å². The fraction of sp³-hybridized carbons (Fsp3) is 0.857. The van der Waals surface area contributed by atoms with Crippen molar-refractivity contribution in [3.8, 4) is 0 Å². The summed E-state index contributed by atoms with van der Waals surface area (Å²) >= 11 is 0. The zero-order valence-corrected chi connectivity index (χ0v) is 9.32. The van der Waals surface area contributed by atoms with Crippen molar-refractivity contribution in [2.24, 2.45) is 0 Å². The molecule has 0 spiro atoms. The smallest absolute Gasteiger partial charge is 0.422 e. The number of alkyl halides is 3. The molecule has 1 amide bonds. The highest BCUT2D eigenvalue weighted by Gasteiger charge is 2.29. The van der Waals surface area contributed by atoms with E-state index in [-0.39, 0.29) is 18.7 Å². The minimum atomic E-state index is -4.57. The van der Waals surface area contributed by atoms with Crippen LogP contribution in [0.15, 0.2) is 0 Å². The molecule has 0 aliphatic heterocycles. The average molecular weight is 263 g/mol. The second-order valence-electron chi connectivity index (χ2n) is 3.10. The third-order valence-corrected chi connectivity index (χ3v) is 2.36. The maximum Gasteiger partial charge on any atom is 0.422 e. The number of carbonyl (C=O) groups is 1. The molecule has 5 nitrogen and oxygen atoms in total. The van der Waals surface area contributed by atoms with Crippen LogP contribution < -0.4 is 5.32 Å². The average Bonchev–Trinajstić information content (AvgIpc) is 2.06. The normalized spacial score (nSPS) is 12.2. The van der Waals surface area contributed by atoms with Gasteiger partial charge < -0.3 is 10.1 Å². The molecular weight excluding hydrogens is 251 g/mol. The summed E-state index contributed by atoms with van der Waals surface area (Å²) in [4.78, 5) is 10.6. The highest BCUT2D eigenvalue weighted by Crippen LogP contribution is 2.14. The molecule has 0 aromatic carbocycles. The zero-order valence-electron chi connectivity index (χ0n) is 8.50. The van der Waals surface area contributed by atoms with Gasteiger partial charge in [-0.25, -0.2) is 13.2 Å². The van der Waals surface area contributed by atoms with Gasteiger partial charge in [-0.05, 0) is 6.42 Å². The molecule has 0 saturated carbocycles. The Morgan fingerprint density at radius 3 is 2.38 bits per heavy atom. The van der Waals surface area contributed by atoms with Crippen LogP contribution in [0, 0.1) is 0 Å². The molecule has 0 bridgehead atoms. The Kier molecular flexibility index (Phi) is 5.56. The first kappa shape index (κ1) is 15.0. The van der Waals surface area contributed by atoms with E-state index >= 15 is 0 Å². The number of nitrogens with one attached hydrogen (secondary N) is 1. The summed E-state index contributed by atoms with van der Waals surface area (Å²) in [6.45, 7) is -1.71. The minimum absolute atomic E-state index is 0.0518. The SMILES string of the molecule is CS(=O)(=O)CCCNC(=O)OCC(F)(F)F. The van der Waals surface area contributed by atoms with Gasteiger partial charge >= 0.3 is 12.3 Å². The monoisotopic (exact) mass is 263 g/mol. The summed E-state index contributed by atoms with van der Waals surface area (Å²) in [7, 11) is -3.13. The van der Waals surface area contributed by atoms with Crippen molar-refractivity contribution in [2.45, 2.75) is 12.6 Å².